The molecule has 3 aromatic rings. The first kappa shape index (κ1) is 12.0. The van der Waals surface area contributed by atoms with Crippen LogP contribution in [-0.2, 0) is 0 Å². The number of fused-ring (bicyclic) bond motifs is 1. The van der Waals surface area contributed by atoms with E-state index in [-0.39, 0.29) is 20.3 Å². The molecule has 0 N–H and O–H groups in total. The summed E-state index contributed by atoms with van der Waals surface area (Å²) in [5.41, 5.74) is -0.0581. The molecule has 1 aromatic carbocycles. The molecule has 0 aliphatic heterocycles. The third-order valence-corrected chi connectivity index (χ3v) is 5.05. The van der Waals surface area contributed by atoms with E-state index in [4.69, 9.17) is 0 Å². The number of aromatic nitrogens is 3. The van der Waals surface area contributed by atoms with Gasteiger partial charge in [0.1, 0.15) is 0 Å². The van der Waals surface area contributed by atoms with Gasteiger partial charge in [-0.1, -0.05) is 0 Å². The van der Waals surface area contributed by atoms with Crippen LogP contribution in [0.4, 0.5) is 0 Å². The Morgan fingerprint density at radius 1 is 1.11 bits per heavy atom. The normalized spacial score (nSPS) is 11.0. The van der Waals surface area contributed by atoms with Gasteiger partial charge < -0.3 is 0 Å². The van der Waals surface area contributed by atoms with E-state index in [0.29, 0.717) is 16.0 Å². The molecule has 7 heteroatoms. The maximum absolute atomic E-state index is 12.2. The Bertz CT molecular complexity index is 776. The van der Waals surface area contributed by atoms with Gasteiger partial charge >= 0.3 is 120 Å². The van der Waals surface area contributed by atoms with Crippen LogP contribution in [0.25, 0.3) is 15.6 Å². The quantitative estimate of drug-likeness (QED) is 0.400. The zero-order valence-corrected chi connectivity index (χ0v) is 12.4. The first-order valence-electron chi connectivity index (χ1n) is 5.03. The van der Waals surface area contributed by atoms with Gasteiger partial charge in [0.2, 0.25) is 0 Å². The van der Waals surface area contributed by atoms with E-state index in [9.17, 15) is 4.79 Å². The second-order valence-electron chi connectivity index (χ2n) is 3.57. The molecule has 0 bridgehead atoms. The Balaban J connectivity index is 2.31. The van der Waals surface area contributed by atoms with Crippen molar-refractivity contribution in [2.75, 3.05) is 0 Å². The Morgan fingerprint density at radius 3 is 2.44 bits per heavy atom. The molecule has 0 amide bonds. The number of nitrogens with zero attached hydrogens (tertiary/aromatic N) is 3. The van der Waals surface area contributed by atoms with Crippen molar-refractivity contribution in [3.05, 3.63) is 40.7 Å². The first-order chi connectivity index (χ1) is 8.65. The molecular formula is C11H7N3OS2Se. The number of hydrogen-bond acceptors (Lipinski definition) is 5. The number of hydrogen-bond donors (Lipinski definition) is 2. The van der Waals surface area contributed by atoms with Gasteiger partial charge in [0.25, 0.3) is 0 Å². The molecule has 3 rings (SSSR count). The average molecular weight is 340 g/mol. The Labute approximate surface area is 119 Å². The Kier molecular flexibility index (Phi) is 3.07. The average Bonchev–Trinajstić information content (AvgIpc) is 2.66. The summed E-state index contributed by atoms with van der Waals surface area (Å²) < 4.78 is 2.64. The standard InChI is InChI=1S/C11H7N3OS2Se/c15-10-6-3-1-2-4-7(6)18-14(10)11-12-8(16)5-9(17)13-11/h1-5H,(H2,12,13,16,17). The molecule has 90 valence electrons. The molecule has 4 nitrogen and oxygen atoms in total. The zero-order valence-electron chi connectivity index (χ0n) is 8.94. The van der Waals surface area contributed by atoms with E-state index in [1.54, 1.807) is 9.63 Å². The van der Waals surface area contributed by atoms with Crippen LogP contribution in [0.3, 0.4) is 0 Å². The van der Waals surface area contributed by atoms with Crippen LogP contribution in [0, 0.1) is 0 Å². The SMILES string of the molecule is O=c1c2ccccc2[se]n1-c1nc(S)cc(S)n1. The summed E-state index contributed by atoms with van der Waals surface area (Å²) in [7, 11) is 0. The second-order valence-corrected chi connectivity index (χ2v) is 6.56. The summed E-state index contributed by atoms with van der Waals surface area (Å²) in [6, 6.07) is 9.20. The molecule has 0 unspecified atom stereocenters. The monoisotopic (exact) mass is 341 g/mol. The summed E-state index contributed by atoms with van der Waals surface area (Å²) >= 11 is 8.22. The zero-order chi connectivity index (χ0) is 12.7. The van der Waals surface area contributed by atoms with E-state index >= 15 is 0 Å². The molecule has 0 spiro atoms. The Morgan fingerprint density at radius 2 is 1.78 bits per heavy atom. The van der Waals surface area contributed by atoms with Crippen molar-refractivity contribution >= 4 is 49.6 Å². The van der Waals surface area contributed by atoms with Gasteiger partial charge in [0, 0.05) is 0 Å². The maximum atomic E-state index is 12.2. The molecular weight excluding hydrogens is 333 g/mol. The number of benzene rings is 1. The predicted molar refractivity (Wildman–Crippen MR) is 76.6 cm³/mol. The molecule has 0 aliphatic carbocycles. The minimum absolute atomic E-state index is 0.0581. The van der Waals surface area contributed by atoms with Gasteiger partial charge in [-0.15, -0.1) is 0 Å². The van der Waals surface area contributed by atoms with Crippen LogP contribution in [0.5, 0.6) is 0 Å². The van der Waals surface area contributed by atoms with E-state index in [0.717, 1.165) is 9.65 Å². The minimum atomic E-state index is -0.129. The third-order valence-electron chi connectivity index (χ3n) is 2.36. The van der Waals surface area contributed by atoms with Gasteiger partial charge in [0.15, 0.2) is 0 Å². The van der Waals surface area contributed by atoms with Crippen molar-refractivity contribution in [2.45, 2.75) is 10.1 Å². The fourth-order valence-corrected chi connectivity index (χ4v) is 4.09. The van der Waals surface area contributed by atoms with Crippen molar-refractivity contribution in [3.8, 4) is 5.95 Å². The third kappa shape index (κ3) is 2.03. The second kappa shape index (κ2) is 4.59. The van der Waals surface area contributed by atoms with E-state index < -0.39 is 0 Å². The molecule has 0 saturated heterocycles. The van der Waals surface area contributed by atoms with Crippen LogP contribution in [-0.4, -0.2) is 28.3 Å². The van der Waals surface area contributed by atoms with Gasteiger partial charge in [-0.25, -0.2) is 0 Å². The van der Waals surface area contributed by atoms with E-state index in [1.807, 2.05) is 24.3 Å². The van der Waals surface area contributed by atoms with Crippen molar-refractivity contribution < 1.29 is 0 Å². The molecule has 18 heavy (non-hydrogen) atoms. The molecule has 0 saturated carbocycles. The summed E-state index contributed by atoms with van der Waals surface area (Å²) in [5, 5.41) is 1.74. The predicted octanol–water partition coefficient (Wildman–Crippen LogP) is 1.42. The molecule has 0 radical (unpaired) electrons. The van der Waals surface area contributed by atoms with Crippen molar-refractivity contribution in [2.24, 2.45) is 0 Å². The van der Waals surface area contributed by atoms with E-state index in [2.05, 4.69) is 35.2 Å². The van der Waals surface area contributed by atoms with Crippen LogP contribution >= 0.6 is 25.3 Å². The molecule has 2 aromatic heterocycles. The number of rotatable bonds is 1. The van der Waals surface area contributed by atoms with Gasteiger partial charge in [0.05, 0.1) is 0 Å². The molecule has 0 aliphatic rings. The summed E-state index contributed by atoms with van der Waals surface area (Å²) in [5.74, 6) is 0.369. The molecule has 0 fully saturated rings. The van der Waals surface area contributed by atoms with Gasteiger partial charge in [-0.05, 0) is 0 Å². The number of thiol groups is 2. The van der Waals surface area contributed by atoms with E-state index in [1.165, 1.54) is 0 Å². The van der Waals surface area contributed by atoms with Crippen molar-refractivity contribution in [1.82, 2.24) is 13.5 Å². The van der Waals surface area contributed by atoms with Gasteiger partial charge in [-0.3, -0.25) is 0 Å². The van der Waals surface area contributed by atoms with Crippen molar-refractivity contribution in [1.29, 1.82) is 0 Å². The van der Waals surface area contributed by atoms with Crippen molar-refractivity contribution in [3.63, 3.8) is 0 Å². The van der Waals surface area contributed by atoms with Crippen LogP contribution in [0.1, 0.15) is 0 Å². The first-order valence-corrected chi connectivity index (χ1v) is 7.55. The summed E-state index contributed by atoms with van der Waals surface area (Å²) in [6.45, 7) is 0. The Hall–Kier alpha value is -1.01. The molecule has 0 atom stereocenters. The fraction of sp³-hybridized carbons (Fsp3) is 0. The summed E-state index contributed by atoms with van der Waals surface area (Å²) in [4.78, 5) is 20.6. The van der Waals surface area contributed by atoms with Gasteiger partial charge in [-0.2, -0.15) is 0 Å². The molecule has 2 heterocycles. The van der Waals surface area contributed by atoms with Crippen LogP contribution < -0.4 is 5.56 Å². The topological polar surface area (TPSA) is 47.8 Å². The van der Waals surface area contributed by atoms with Crippen LogP contribution in [0.15, 0.2) is 45.2 Å². The van der Waals surface area contributed by atoms with Crippen LogP contribution in [0.2, 0.25) is 0 Å². The summed E-state index contributed by atoms with van der Waals surface area (Å²) in [6.07, 6.45) is 0. The fourth-order valence-electron chi connectivity index (χ4n) is 1.60.